The average molecular weight is 198 g/mol. The summed E-state index contributed by atoms with van der Waals surface area (Å²) in [7, 11) is 0. The van der Waals surface area contributed by atoms with E-state index in [1.54, 1.807) is 0 Å². The number of carbonyl (C=O) groups is 2. The lowest BCUT2D eigenvalue weighted by Gasteiger charge is -2.28. The molecule has 0 aromatic carbocycles. The normalized spacial score (nSPS) is 36.2. The molecule has 0 bridgehead atoms. The van der Waals surface area contributed by atoms with Gasteiger partial charge < -0.3 is 14.2 Å². The van der Waals surface area contributed by atoms with Crippen LogP contribution in [0.5, 0.6) is 0 Å². The van der Waals surface area contributed by atoms with Crippen molar-refractivity contribution < 1.29 is 23.8 Å². The van der Waals surface area contributed by atoms with E-state index in [0.717, 1.165) is 0 Å². The summed E-state index contributed by atoms with van der Waals surface area (Å²) >= 11 is 0. The molecule has 0 aromatic rings. The van der Waals surface area contributed by atoms with E-state index in [-0.39, 0.29) is 5.92 Å². The molecule has 5 nitrogen and oxygen atoms in total. The van der Waals surface area contributed by atoms with E-state index < -0.39 is 24.5 Å². The zero-order valence-electron chi connectivity index (χ0n) is 7.64. The Morgan fingerprint density at radius 2 is 2.00 bits per heavy atom. The van der Waals surface area contributed by atoms with Crippen molar-refractivity contribution >= 4 is 12.3 Å². The van der Waals surface area contributed by atoms with Crippen LogP contribution in [0.4, 0.5) is 9.59 Å². The van der Waals surface area contributed by atoms with Crippen LogP contribution in [0.3, 0.4) is 0 Å². The fourth-order valence-electron chi connectivity index (χ4n) is 1.66. The highest BCUT2D eigenvalue weighted by Gasteiger charge is 2.38. The maximum absolute atomic E-state index is 10.9. The van der Waals surface area contributed by atoms with Gasteiger partial charge >= 0.3 is 12.3 Å². The van der Waals surface area contributed by atoms with Gasteiger partial charge in [0.25, 0.3) is 0 Å². The van der Waals surface area contributed by atoms with E-state index >= 15 is 0 Å². The van der Waals surface area contributed by atoms with Crippen molar-refractivity contribution in [1.82, 2.24) is 0 Å². The second-order valence-electron chi connectivity index (χ2n) is 3.36. The minimum absolute atomic E-state index is 0.0344. The van der Waals surface area contributed by atoms with Crippen molar-refractivity contribution in [3.05, 3.63) is 12.2 Å². The minimum atomic E-state index is -0.982. The van der Waals surface area contributed by atoms with E-state index in [1.807, 2.05) is 19.1 Å². The molecule has 1 unspecified atom stereocenters. The highest BCUT2D eigenvalue weighted by Crippen LogP contribution is 2.26. The summed E-state index contributed by atoms with van der Waals surface area (Å²) in [5, 5.41) is 0. The molecule has 3 atom stereocenters. The maximum atomic E-state index is 10.9. The third-order valence-corrected chi connectivity index (χ3v) is 2.34. The van der Waals surface area contributed by atoms with Gasteiger partial charge in [-0.3, -0.25) is 0 Å². The van der Waals surface area contributed by atoms with E-state index in [1.165, 1.54) is 0 Å². The van der Waals surface area contributed by atoms with Gasteiger partial charge in [-0.2, -0.15) is 0 Å². The molecule has 1 aliphatic heterocycles. The Morgan fingerprint density at radius 1 is 1.29 bits per heavy atom. The van der Waals surface area contributed by atoms with Crippen molar-refractivity contribution in [3.63, 3.8) is 0 Å². The third-order valence-electron chi connectivity index (χ3n) is 2.34. The molecule has 0 amide bonds. The SMILES string of the molecule is CC1C=CC[C@H]2OC(=O)OC(=O)O[C@@H]12. The molecule has 2 rings (SSSR count). The van der Waals surface area contributed by atoms with Crippen molar-refractivity contribution in [2.45, 2.75) is 25.6 Å². The Bertz CT molecular complexity index is 296. The van der Waals surface area contributed by atoms with Gasteiger partial charge in [0.2, 0.25) is 0 Å². The number of hydrogen-bond donors (Lipinski definition) is 0. The van der Waals surface area contributed by atoms with Gasteiger partial charge in [-0.15, -0.1) is 0 Å². The predicted molar refractivity (Wildman–Crippen MR) is 44.5 cm³/mol. The molecule has 2 aliphatic rings. The smallest absolute Gasteiger partial charge is 0.426 e. The van der Waals surface area contributed by atoms with Crippen LogP contribution >= 0.6 is 0 Å². The van der Waals surface area contributed by atoms with Crippen LogP contribution in [0.2, 0.25) is 0 Å². The molecule has 1 saturated heterocycles. The van der Waals surface area contributed by atoms with Gasteiger partial charge in [-0.25, -0.2) is 9.59 Å². The van der Waals surface area contributed by atoms with E-state index in [9.17, 15) is 9.59 Å². The highest BCUT2D eigenvalue weighted by atomic mass is 16.8. The average Bonchev–Trinajstić information content (AvgIpc) is 2.23. The van der Waals surface area contributed by atoms with E-state index in [0.29, 0.717) is 6.42 Å². The standard InChI is InChI=1S/C9H10O5/c1-5-3-2-4-6-7(5)13-9(11)14-8(10)12-6/h2-3,5-7H,4H2,1H3/t5?,6-,7+/m1/s1. The summed E-state index contributed by atoms with van der Waals surface area (Å²) < 4.78 is 14.0. The van der Waals surface area contributed by atoms with Crippen molar-refractivity contribution in [2.75, 3.05) is 0 Å². The third kappa shape index (κ3) is 1.57. The largest absolute Gasteiger partial charge is 0.519 e. The first kappa shape index (κ1) is 9.05. The Labute approximate surface area is 80.6 Å². The van der Waals surface area contributed by atoms with Crippen LogP contribution < -0.4 is 0 Å². The molecule has 1 fully saturated rings. The van der Waals surface area contributed by atoms with Crippen LogP contribution in [0.25, 0.3) is 0 Å². The Hall–Kier alpha value is -1.52. The number of ether oxygens (including phenoxy) is 3. The summed E-state index contributed by atoms with van der Waals surface area (Å²) in [4.78, 5) is 21.8. The number of hydrogen-bond acceptors (Lipinski definition) is 5. The van der Waals surface area contributed by atoms with Crippen LogP contribution in [-0.4, -0.2) is 24.5 Å². The molecule has 76 valence electrons. The molecule has 0 radical (unpaired) electrons. The van der Waals surface area contributed by atoms with E-state index in [4.69, 9.17) is 9.47 Å². The molecule has 0 aromatic heterocycles. The lowest BCUT2D eigenvalue weighted by molar-refractivity contribution is -0.00741. The van der Waals surface area contributed by atoms with Crippen LogP contribution in [0.1, 0.15) is 13.3 Å². The van der Waals surface area contributed by atoms with Gasteiger partial charge in [0, 0.05) is 12.3 Å². The van der Waals surface area contributed by atoms with Crippen molar-refractivity contribution in [3.8, 4) is 0 Å². The topological polar surface area (TPSA) is 61.8 Å². The molecular weight excluding hydrogens is 188 g/mol. The molecule has 5 heteroatoms. The number of cyclic esters (lactones) is 2. The van der Waals surface area contributed by atoms with E-state index in [2.05, 4.69) is 4.74 Å². The number of carbonyl (C=O) groups excluding carboxylic acids is 2. The highest BCUT2D eigenvalue weighted by molar-refractivity contribution is 5.78. The maximum Gasteiger partial charge on any atom is 0.519 e. The van der Waals surface area contributed by atoms with Gasteiger partial charge in [0.15, 0.2) is 0 Å². The quantitative estimate of drug-likeness (QED) is 0.336. The summed E-state index contributed by atoms with van der Waals surface area (Å²) in [5.74, 6) is 0.0344. The van der Waals surface area contributed by atoms with Crippen LogP contribution in [0.15, 0.2) is 12.2 Å². The monoisotopic (exact) mass is 198 g/mol. The fourth-order valence-corrected chi connectivity index (χ4v) is 1.66. The van der Waals surface area contributed by atoms with Crippen molar-refractivity contribution in [1.29, 1.82) is 0 Å². The fraction of sp³-hybridized carbons (Fsp3) is 0.556. The van der Waals surface area contributed by atoms with Gasteiger partial charge in [0.05, 0.1) is 0 Å². The first-order chi connectivity index (χ1) is 6.66. The summed E-state index contributed by atoms with van der Waals surface area (Å²) in [6, 6.07) is 0. The first-order valence-electron chi connectivity index (χ1n) is 4.42. The Kier molecular flexibility index (Phi) is 2.15. The molecule has 1 aliphatic carbocycles. The second kappa shape index (κ2) is 3.32. The molecule has 0 saturated carbocycles. The summed E-state index contributed by atoms with van der Waals surface area (Å²) in [5.41, 5.74) is 0. The molecule has 1 heterocycles. The molecule has 0 spiro atoms. The second-order valence-corrected chi connectivity index (χ2v) is 3.36. The van der Waals surface area contributed by atoms with Crippen LogP contribution in [-0.2, 0) is 14.2 Å². The van der Waals surface area contributed by atoms with Crippen LogP contribution in [0, 0.1) is 5.92 Å². The number of rotatable bonds is 0. The van der Waals surface area contributed by atoms with Gasteiger partial charge in [-0.05, 0) is 0 Å². The zero-order valence-corrected chi connectivity index (χ0v) is 7.64. The van der Waals surface area contributed by atoms with Crippen molar-refractivity contribution in [2.24, 2.45) is 5.92 Å². The van der Waals surface area contributed by atoms with Gasteiger partial charge in [-0.1, -0.05) is 19.1 Å². The van der Waals surface area contributed by atoms with Gasteiger partial charge in [0.1, 0.15) is 12.2 Å². The summed E-state index contributed by atoms with van der Waals surface area (Å²) in [6.07, 6.45) is 1.56. The lowest BCUT2D eigenvalue weighted by Crippen LogP contribution is -2.37. The lowest BCUT2D eigenvalue weighted by atomic mass is 9.92. The molecular formula is C9H10O5. The Balaban J connectivity index is 2.20. The summed E-state index contributed by atoms with van der Waals surface area (Å²) in [6.45, 7) is 1.89. The Morgan fingerprint density at radius 3 is 2.79 bits per heavy atom. The first-order valence-corrected chi connectivity index (χ1v) is 4.42. The number of fused-ring (bicyclic) bond motifs is 1. The molecule has 14 heavy (non-hydrogen) atoms. The predicted octanol–water partition coefficient (Wildman–Crippen LogP) is 1.62. The minimum Gasteiger partial charge on any atom is -0.426 e. The zero-order chi connectivity index (χ0) is 10.1. The molecule has 0 N–H and O–H groups in total.